The van der Waals surface area contributed by atoms with Crippen LogP contribution in [0.5, 0.6) is 11.5 Å². The van der Waals surface area contributed by atoms with Gasteiger partial charge < -0.3 is 14.6 Å². The number of methoxy groups -OCH3 is 2. The molecule has 1 aromatic rings. The standard InChI is InChI=1S/C10H11ClO4/c1-5-6(14-2)4-7(15-3)9(11)8(5)10(12)13/h4H,1-3H3,(H,12,13). The Bertz CT molecular complexity index is 373. The van der Waals surface area contributed by atoms with E-state index >= 15 is 0 Å². The fourth-order valence-electron chi connectivity index (χ4n) is 1.32. The van der Waals surface area contributed by atoms with Crippen LogP contribution in [0, 0.1) is 6.92 Å². The Morgan fingerprint density at radius 2 is 1.87 bits per heavy atom. The molecule has 82 valence electrons. The zero-order chi connectivity index (χ0) is 11.6. The van der Waals surface area contributed by atoms with Crippen molar-refractivity contribution in [1.29, 1.82) is 0 Å². The van der Waals surface area contributed by atoms with Gasteiger partial charge in [0.25, 0.3) is 0 Å². The van der Waals surface area contributed by atoms with Crippen LogP contribution in [-0.2, 0) is 0 Å². The van der Waals surface area contributed by atoms with Crippen molar-refractivity contribution in [2.75, 3.05) is 14.2 Å². The minimum atomic E-state index is -1.10. The van der Waals surface area contributed by atoms with Gasteiger partial charge >= 0.3 is 5.97 Å². The number of aromatic carboxylic acids is 1. The van der Waals surface area contributed by atoms with E-state index in [2.05, 4.69) is 0 Å². The van der Waals surface area contributed by atoms with Gasteiger partial charge in [-0.05, 0) is 6.92 Å². The largest absolute Gasteiger partial charge is 0.496 e. The second-order valence-electron chi connectivity index (χ2n) is 2.90. The fraction of sp³-hybridized carbons (Fsp3) is 0.300. The number of hydrogen-bond donors (Lipinski definition) is 1. The predicted molar refractivity (Wildman–Crippen MR) is 56.3 cm³/mol. The molecule has 0 aromatic heterocycles. The van der Waals surface area contributed by atoms with Gasteiger partial charge in [0.2, 0.25) is 0 Å². The van der Waals surface area contributed by atoms with Crippen molar-refractivity contribution in [1.82, 2.24) is 0 Å². The van der Waals surface area contributed by atoms with Crippen LogP contribution < -0.4 is 9.47 Å². The second kappa shape index (κ2) is 4.40. The molecule has 0 spiro atoms. The van der Waals surface area contributed by atoms with Crippen molar-refractivity contribution in [3.8, 4) is 11.5 Å². The Hall–Kier alpha value is -1.42. The molecule has 1 aromatic carbocycles. The average Bonchev–Trinajstić information content (AvgIpc) is 2.18. The number of carbonyl (C=O) groups is 1. The summed E-state index contributed by atoms with van der Waals surface area (Å²) >= 11 is 5.88. The summed E-state index contributed by atoms with van der Waals surface area (Å²) in [4.78, 5) is 11.0. The van der Waals surface area contributed by atoms with Crippen molar-refractivity contribution >= 4 is 17.6 Å². The summed E-state index contributed by atoms with van der Waals surface area (Å²) in [5.41, 5.74) is 0.490. The van der Waals surface area contributed by atoms with Crippen LogP contribution in [0.3, 0.4) is 0 Å². The first-order valence-electron chi connectivity index (χ1n) is 4.17. The molecule has 0 atom stereocenters. The van der Waals surface area contributed by atoms with Gasteiger partial charge in [0.05, 0.1) is 24.8 Å². The summed E-state index contributed by atoms with van der Waals surface area (Å²) in [6, 6.07) is 1.56. The molecule has 0 amide bonds. The number of carboxylic acids is 1. The normalized spacial score (nSPS) is 9.87. The molecule has 4 nitrogen and oxygen atoms in total. The lowest BCUT2D eigenvalue weighted by atomic mass is 10.1. The predicted octanol–water partition coefficient (Wildman–Crippen LogP) is 2.36. The number of hydrogen-bond acceptors (Lipinski definition) is 3. The molecule has 0 bridgehead atoms. The zero-order valence-electron chi connectivity index (χ0n) is 8.63. The SMILES string of the molecule is COc1cc(OC)c(Cl)c(C(=O)O)c1C. The van der Waals surface area contributed by atoms with Crippen molar-refractivity contribution in [3.63, 3.8) is 0 Å². The molecule has 0 aliphatic carbocycles. The van der Waals surface area contributed by atoms with Gasteiger partial charge in [0, 0.05) is 11.6 Å². The third kappa shape index (κ3) is 1.99. The molecule has 0 aliphatic rings. The van der Waals surface area contributed by atoms with Crippen molar-refractivity contribution < 1.29 is 19.4 Å². The maximum absolute atomic E-state index is 11.0. The van der Waals surface area contributed by atoms with Crippen LogP contribution >= 0.6 is 11.6 Å². The molecular formula is C10H11ClO4. The second-order valence-corrected chi connectivity index (χ2v) is 3.28. The van der Waals surface area contributed by atoms with Gasteiger partial charge in [-0.15, -0.1) is 0 Å². The first kappa shape index (κ1) is 11.7. The average molecular weight is 231 g/mol. The first-order chi connectivity index (χ1) is 7.02. The molecule has 0 saturated heterocycles. The Labute approximate surface area is 92.4 Å². The summed E-state index contributed by atoms with van der Waals surface area (Å²) in [5, 5.41) is 9.08. The lowest BCUT2D eigenvalue weighted by Gasteiger charge is -2.12. The molecule has 0 saturated carbocycles. The zero-order valence-corrected chi connectivity index (χ0v) is 9.38. The Balaban J connectivity index is 3.53. The molecule has 5 heteroatoms. The number of carboxylic acid groups (broad SMARTS) is 1. The van der Waals surface area contributed by atoms with E-state index in [0.29, 0.717) is 11.3 Å². The van der Waals surface area contributed by atoms with E-state index < -0.39 is 5.97 Å². The third-order valence-corrected chi connectivity index (χ3v) is 2.47. The van der Waals surface area contributed by atoms with Gasteiger partial charge in [0.15, 0.2) is 0 Å². The van der Waals surface area contributed by atoms with Gasteiger partial charge in [-0.25, -0.2) is 4.79 Å². The fourth-order valence-corrected chi connectivity index (χ4v) is 1.67. The van der Waals surface area contributed by atoms with E-state index in [9.17, 15) is 4.79 Å². The van der Waals surface area contributed by atoms with Crippen LogP contribution in [0.25, 0.3) is 0 Å². The van der Waals surface area contributed by atoms with E-state index in [0.717, 1.165) is 0 Å². The van der Waals surface area contributed by atoms with Gasteiger partial charge in [0.1, 0.15) is 11.5 Å². The highest BCUT2D eigenvalue weighted by atomic mass is 35.5. The Morgan fingerprint density at radius 1 is 1.33 bits per heavy atom. The molecule has 1 rings (SSSR count). The molecule has 0 unspecified atom stereocenters. The van der Waals surface area contributed by atoms with E-state index in [1.165, 1.54) is 14.2 Å². The highest BCUT2D eigenvalue weighted by Gasteiger charge is 2.20. The van der Waals surface area contributed by atoms with E-state index in [-0.39, 0.29) is 16.3 Å². The monoisotopic (exact) mass is 230 g/mol. The first-order valence-corrected chi connectivity index (χ1v) is 4.55. The molecule has 0 aliphatic heterocycles. The van der Waals surface area contributed by atoms with E-state index in [4.69, 9.17) is 26.2 Å². The van der Waals surface area contributed by atoms with Crippen LogP contribution in [0.15, 0.2) is 6.07 Å². The molecule has 15 heavy (non-hydrogen) atoms. The van der Waals surface area contributed by atoms with Crippen molar-refractivity contribution in [3.05, 3.63) is 22.2 Å². The highest BCUT2D eigenvalue weighted by molar-refractivity contribution is 6.35. The van der Waals surface area contributed by atoms with Gasteiger partial charge in [-0.2, -0.15) is 0 Å². The molecule has 0 fully saturated rings. The highest BCUT2D eigenvalue weighted by Crippen LogP contribution is 2.36. The van der Waals surface area contributed by atoms with E-state index in [1.807, 2.05) is 0 Å². The summed E-state index contributed by atoms with van der Waals surface area (Å²) < 4.78 is 9.99. The minimum Gasteiger partial charge on any atom is -0.496 e. The summed E-state index contributed by atoms with van der Waals surface area (Å²) in [5.74, 6) is -0.375. The number of benzene rings is 1. The lowest BCUT2D eigenvalue weighted by Crippen LogP contribution is -2.04. The van der Waals surface area contributed by atoms with Gasteiger partial charge in [-0.3, -0.25) is 0 Å². The van der Waals surface area contributed by atoms with Crippen molar-refractivity contribution in [2.45, 2.75) is 6.92 Å². The maximum atomic E-state index is 11.0. The summed E-state index contributed by atoms with van der Waals surface area (Å²) in [6.45, 7) is 1.63. The Morgan fingerprint density at radius 3 is 2.27 bits per heavy atom. The smallest absolute Gasteiger partial charge is 0.337 e. The number of ether oxygens (including phenoxy) is 2. The maximum Gasteiger partial charge on any atom is 0.337 e. The molecular weight excluding hydrogens is 220 g/mol. The Kier molecular flexibility index (Phi) is 3.42. The summed E-state index contributed by atoms with van der Waals surface area (Å²) in [7, 11) is 2.88. The van der Waals surface area contributed by atoms with Crippen LogP contribution in [-0.4, -0.2) is 25.3 Å². The van der Waals surface area contributed by atoms with E-state index in [1.54, 1.807) is 13.0 Å². The molecule has 1 N–H and O–H groups in total. The van der Waals surface area contributed by atoms with Gasteiger partial charge in [-0.1, -0.05) is 11.6 Å². The number of halogens is 1. The lowest BCUT2D eigenvalue weighted by molar-refractivity contribution is 0.0695. The topological polar surface area (TPSA) is 55.8 Å². The van der Waals surface area contributed by atoms with Crippen molar-refractivity contribution in [2.24, 2.45) is 0 Å². The van der Waals surface area contributed by atoms with Crippen LogP contribution in [0.1, 0.15) is 15.9 Å². The molecule has 0 heterocycles. The summed E-state index contributed by atoms with van der Waals surface area (Å²) in [6.07, 6.45) is 0. The minimum absolute atomic E-state index is 0.00728. The third-order valence-electron chi connectivity index (χ3n) is 2.10. The van der Waals surface area contributed by atoms with Crippen LogP contribution in [0.4, 0.5) is 0 Å². The quantitative estimate of drug-likeness (QED) is 0.866. The number of rotatable bonds is 3. The molecule has 0 radical (unpaired) electrons. The van der Waals surface area contributed by atoms with Crippen LogP contribution in [0.2, 0.25) is 5.02 Å².